The van der Waals surface area contributed by atoms with Gasteiger partial charge in [0.2, 0.25) is 0 Å². The number of benzene rings is 1. The molecule has 0 saturated heterocycles. The third kappa shape index (κ3) is 1.32. The van der Waals surface area contributed by atoms with Crippen LogP contribution in [0.5, 0.6) is 5.75 Å². The molecule has 0 aliphatic carbocycles. The molecule has 0 atom stereocenters. The molecule has 2 rings (SSSR count). The van der Waals surface area contributed by atoms with Gasteiger partial charge in [0.25, 0.3) is 6.43 Å². The molecular formula is C10H9F2NO. The Balaban J connectivity index is 2.64. The second kappa shape index (κ2) is 3.29. The zero-order chi connectivity index (χ0) is 10.1. The minimum absolute atomic E-state index is 0.0792. The number of hydrogen-bond donors (Lipinski definition) is 1. The molecule has 0 bridgehead atoms. The van der Waals surface area contributed by atoms with Crippen molar-refractivity contribution in [3.63, 3.8) is 0 Å². The summed E-state index contributed by atoms with van der Waals surface area (Å²) in [4.78, 5) is 2.64. The Bertz CT molecular complexity index is 450. The van der Waals surface area contributed by atoms with Crippen LogP contribution in [0.15, 0.2) is 24.3 Å². The van der Waals surface area contributed by atoms with Crippen molar-refractivity contribution in [1.29, 1.82) is 0 Å². The van der Waals surface area contributed by atoms with Crippen LogP contribution in [0.3, 0.4) is 0 Å². The van der Waals surface area contributed by atoms with Crippen molar-refractivity contribution < 1.29 is 13.5 Å². The summed E-state index contributed by atoms with van der Waals surface area (Å²) in [5.74, 6) is 0.602. The van der Waals surface area contributed by atoms with Crippen LogP contribution in [0.4, 0.5) is 8.78 Å². The van der Waals surface area contributed by atoms with E-state index in [4.69, 9.17) is 4.74 Å². The van der Waals surface area contributed by atoms with Gasteiger partial charge < -0.3 is 9.72 Å². The number of fused-ring (bicyclic) bond motifs is 1. The summed E-state index contributed by atoms with van der Waals surface area (Å²) < 4.78 is 29.8. The molecule has 1 heterocycles. The molecule has 2 nitrogen and oxygen atoms in total. The van der Waals surface area contributed by atoms with Crippen molar-refractivity contribution in [3.05, 3.63) is 30.0 Å². The van der Waals surface area contributed by atoms with Crippen LogP contribution in [0.25, 0.3) is 10.9 Å². The van der Waals surface area contributed by atoms with E-state index in [0.717, 1.165) is 0 Å². The Hall–Kier alpha value is -1.58. The van der Waals surface area contributed by atoms with E-state index in [1.807, 2.05) is 0 Å². The topological polar surface area (TPSA) is 25.0 Å². The van der Waals surface area contributed by atoms with Crippen molar-refractivity contribution in [2.75, 3.05) is 7.11 Å². The average molecular weight is 197 g/mol. The maximum absolute atomic E-state index is 12.4. The summed E-state index contributed by atoms with van der Waals surface area (Å²) >= 11 is 0. The lowest BCUT2D eigenvalue weighted by Gasteiger charge is -1.99. The third-order valence-corrected chi connectivity index (χ3v) is 2.10. The fraction of sp³-hybridized carbons (Fsp3) is 0.200. The normalized spacial score (nSPS) is 11.1. The Labute approximate surface area is 79.5 Å². The van der Waals surface area contributed by atoms with Crippen LogP contribution in [0.1, 0.15) is 12.1 Å². The molecule has 1 N–H and O–H groups in total. The number of hydrogen-bond acceptors (Lipinski definition) is 1. The molecule has 0 aliphatic heterocycles. The van der Waals surface area contributed by atoms with Crippen molar-refractivity contribution in [2.24, 2.45) is 0 Å². The molecule has 1 aromatic heterocycles. The van der Waals surface area contributed by atoms with E-state index in [9.17, 15) is 8.78 Å². The lowest BCUT2D eigenvalue weighted by Crippen LogP contribution is -1.81. The Morgan fingerprint density at radius 2 is 2.14 bits per heavy atom. The van der Waals surface area contributed by atoms with E-state index >= 15 is 0 Å². The number of halogens is 2. The molecule has 0 saturated carbocycles. The number of aromatic nitrogens is 1. The Morgan fingerprint density at radius 1 is 1.36 bits per heavy atom. The fourth-order valence-corrected chi connectivity index (χ4v) is 1.44. The molecule has 2 aromatic rings. The fourth-order valence-electron chi connectivity index (χ4n) is 1.44. The molecule has 0 radical (unpaired) electrons. The van der Waals surface area contributed by atoms with Crippen molar-refractivity contribution in [3.8, 4) is 5.75 Å². The summed E-state index contributed by atoms with van der Waals surface area (Å²) in [5.41, 5.74) is 0.587. The maximum atomic E-state index is 12.4. The van der Waals surface area contributed by atoms with Gasteiger partial charge in [-0.1, -0.05) is 6.07 Å². The summed E-state index contributed by atoms with van der Waals surface area (Å²) in [6.45, 7) is 0. The van der Waals surface area contributed by atoms with Gasteiger partial charge in [-0.3, -0.25) is 0 Å². The third-order valence-electron chi connectivity index (χ3n) is 2.10. The van der Waals surface area contributed by atoms with E-state index in [1.54, 1.807) is 18.2 Å². The maximum Gasteiger partial charge on any atom is 0.278 e. The zero-order valence-corrected chi connectivity index (χ0v) is 7.55. The highest BCUT2D eigenvalue weighted by molar-refractivity contribution is 5.86. The minimum Gasteiger partial charge on any atom is -0.496 e. The Morgan fingerprint density at radius 3 is 2.79 bits per heavy atom. The first-order chi connectivity index (χ1) is 6.72. The highest BCUT2D eigenvalue weighted by atomic mass is 19.3. The quantitative estimate of drug-likeness (QED) is 0.786. The van der Waals surface area contributed by atoms with E-state index in [2.05, 4.69) is 4.98 Å². The van der Waals surface area contributed by atoms with Crippen LogP contribution in [-0.2, 0) is 0 Å². The number of methoxy groups -OCH3 is 1. The SMILES string of the molecule is COc1cccc2[nH]c(C(F)F)cc12. The number of H-pyrrole nitrogens is 1. The van der Waals surface area contributed by atoms with E-state index in [-0.39, 0.29) is 5.69 Å². The smallest absolute Gasteiger partial charge is 0.278 e. The summed E-state index contributed by atoms with van der Waals surface area (Å²) in [7, 11) is 1.52. The van der Waals surface area contributed by atoms with Crippen molar-refractivity contribution in [2.45, 2.75) is 6.43 Å². The first-order valence-corrected chi connectivity index (χ1v) is 4.16. The standard InChI is InChI=1S/C10H9F2NO/c1-14-9-4-2-3-7-6(9)5-8(13-7)10(11)12/h2-5,10,13H,1H3. The molecule has 0 spiro atoms. The van der Waals surface area contributed by atoms with Gasteiger partial charge in [0.05, 0.1) is 12.8 Å². The summed E-state index contributed by atoms with van der Waals surface area (Å²) in [6.07, 6.45) is -2.48. The van der Waals surface area contributed by atoms with Crippen molar-refractivity contribution >= 4 is 10.9 Å². The van der Waals surface area contributed by atoms with Crippen LogP contribution >= 0.6 is 0 Å². The van der Waals surface area contributed by atoms with E-state index in [1.165, 1.54) is 13.2 Å². The lowest BCUT2D eigenvalue weighted by molar-refractivity contribution is 0.147. The van der Waals surface area contributed by atoms with Crippen LogP contribution in [0.2, 0.25) is 0 Å². The molecule has 0 aliphatic rings. The predicted molar refractivity (Wildman–Crippen MR) is 49.8 cm³/mol. The largest absolute Gasteiger partial charge is 0.496 e. The molecular weight excluding hydrogens is 188 g/mol. The van der Waals surface area contributed by atoms with Crippen LogP contribution < -0.4 is 4.74 Å². The Kier molecular flexibility index (Phi) is 2.11. The van der Waals surface area contributed by atoms with Gasteiger partial charge in [0.15, 0.2) is 0 Å². The van der Waals surface area contributed by atoms with Crippen molar-refractivity contribution in [1.82, 2.24) is 4.98 Å². The average Bonchev–Trinajstić information content (AvgIpc) is 2.60. The highest BCUT2D eigenvalue weighted by Crippen LogP contribution is 2.29. The molecule has 0 amide bonds. The van der Waals surface area contributed by atoms with Gasteiger partial charge in [0, 0.05) is 10.9 Å². The number of nitrogens with one attached hydrogen (secondary N) is 1. The van der Waals surface area contributed by atoms with Gasteiger partial charge in [-0.25, -0.2) is 8.78 Å². The molecule has 0 fully saturated rings. The molecule has 1 aromatic carbocycles. The van der Waals surface area contributed by atoms with E-state index < -0.39 is 6.43 Å². The summed E-state index contributed by atoms with van der Waals surface area (Å²) in [6, 6.07) is 6.65. The molecule has 0 unspecified atom stereocenters. The minimum atomic E-state index is -2.48. The number of aromatic amines is 1. The predicted octanol–water partition coefficient (Wildman–Crippen LogP) is 3.11. The van der Waals surface area contributed by atoms with Crippen LogP contribution in [-0.4, -0.2) is 12.1 Å². The first kappa shape index (κ1) is 8.99. The van der Waals surface area contributed by atoms with Gasteiger partial charge in [-0.05, 0) is 18.2 Å². The van der Waals surface area contributed by atoms with Gasteiger partial charge in [0.1, 0.15) is 5.75 Å². The van der Waals surface area contributed by atoms with Gasteiger partial charge in [-0.2, -0.15) is 0 Å². The lowest BCUT2D eigenvalue weighted by atomic mass is 10.2. The van der Waals surface area contributed by atoms with Crippen LogP contribution in [0, 0.1) is 0 Å². The first-order valence-electron chi connectivity index (χ1n) is 4.16. The molecule has 74 valence electrons. The van der Waals surface area contributed by atoms with E-state index in [0.29, 0.717) is 16.7 Å². The summed E-state index contributed by atoms with van der Waals surface area (Å²) in [5, 5.41) is 0.685. The number of alkyl halides is 2. The highest BCUT2D eigenvalue weighted by Gasteiger charge is 2.12. The monoisotopic (exact) mass is 197 g/mol. The van der Waals surface area contributed by atoms with Gasteiger partial charge in [-0.15, -0.1) is 0 Å². The number of ether oxygens (including phenoxy) is 1. The molecule has 14 heavy (non-hydrogen) atoms. The molecule has 4 heteroatoms. The number of rotatable bonds is 2. The zero-order valence-electron chi connectivity index (χ0n) is 7.55. The second-order valence-corrected chi connectivity index (χ2v) is 2.95. The second-order valence-electron chi connectivity index (χ2n) is 2.95. The van der Waals surface area contributed by atoms with Gasteiger partial charge >= 0.3 is 0 Å².